The predicted molar refractivity (Wildman–Crippen MR) is 88.8 cm³/mol. The number of benzene rings is 1. The van der Waals surface area contributed by atoms with E-state index in [9.17, 15) is 0 Å². The smallest absolute Gasteiger partial charge is 0.244 e. The molecule has 0 amide bonds. The first kappa shape index (κ1) is 15.9. The Labute approximate surface area is 136 Å². The molecule has 0 bridgehead atoms. The van der Waals surface area contributed by atoms with Gasteiger partial charge in [0.25, 0.3) is 0 Å². The third-order valence-electron chi connectivity index (χ3n) is 4.11. The number of hydrogen-bond donors (Lipinski definition) is 1. The van der Waals surface area contributed by atoms with Crippen molar-refractivity contribution in [3.05, 3.63) is 53.7 Å². The van der Waals surface area contributed by atoms with Gasteiger partial charge >= 0.3 is 0 Å². The lowest BCUT2D eigenvalue weighted by Crippen LogP contribution is -2.32. The van der Waals surface area contributed by atoms with Crippen molar-refractivity contribution >= 4 is 6.08 Å². The van der Waals surface area contributed by atoms with Crippen molar-refractivity contribution in [3.63, 3.8) is 0 Å². The number of nitrogens with zero attached hydrogens (tertiary/aromatic N) is 2. The summed E-state index contributed by atoms with van der Waals surface area (Å²) in [5.41, 5.74) is 1.20. The Morgan fingerprint density at radius 1 is 1.26 bits per heavy atom. The summed E-state index contributed by atoms with van der Waals surface area (Å²) in [6.07, 6.45) is 6.28. The van der Waals surface area contributed by atoms with Crippen LogP contribution in [-0.4, -0.2) is 29.9 Å². The molecule has 0 radical (unpaired) electrons. The minimum atomic E-state index is 0.0838. The molecule has 1 aromatic carbocycles. The van der Waals surface area contributed by atoms with Crippen LogP contribution in [0, 0.1) is 12.8 Å². The van der Waals surface area contributed by atoms with Gasteiger partial charge in [-0.05, 0) is 31.2 Å². The van der Waals surface area contributed by atoms with E-state index in [2.05, 4.69) is 39.7 Å². The fourth-order valence-electron chi connectivity index (χ4n) is 2.90. The van der Waals surface area contributed by atoms with E-state index in [1.54, 1.807) is 0 Å². The van der Waals surface area contributed by atoms with Gasteiger partial charge in [-0.25, -0.2) is 0 Å². The molecule has 1 aliphatic rings. The fraction of sp³-hybridized carbons (Fsp3) is 0.444. The summed E-state index contributed by atoms with van der Waals surface area (Å²) in [4.78, 5) is 4.42. The average Bonchev–Trinajstić information content (AvgIpc) is 3.03. The second-order valence-electron chi connectivity index (χ2n) is 5.83. The van der Waals surface area contributed by atoms with Gasteiger partial charge in [0.1, 0.15) is 0 Å². The first-order chi connectivity index (χ1) is 11.3. The maximum Gasteiger partial charge on any atom is 0.244 e. The second-order valence-corrected chi connectivity index (χ2v) is 5.83. The zero-order valence-electron chi connectivity index (χ0n) is 13.4. The van der Waals surface area contributed by atoms with Crippen LogP contribution >= 0.6 is 0 Å². The Bertz CT molecular complexity index is 618. The standard InChI is InChI=1S/C18H23N3O2/c1-14-20-18(23-21-14)17(16-9-12-22-13-10-16)19-11-5-8-15-6-3-2-4-7-15/h2-8,16-17,19H,9-13H2,1H3/b8-5+. The molecule has 5 heteroatoms. The molecule has 1 N–H and O–H groups in total. The Hall–Kier alpha value is -1.98. The van der Waals surface area contributed by atoms with E-state index in [4.69, 9.17) is 9.26 Å². The highest BCUT2D eigenvalue weighted by Gasteiger charge is 2.28. The molecule has 122 valence electrons. The Kier molecular flexibility index (Phi) is 5.56. The molecule has 0 aliphatic carbocycles. The SMILES string of the molecule is Cc1noc(C(NC/C=C/c2ccccc2)C2CCOCC2)n1. The number of aromatic nitrogens is 2. The van der Waals surface area contributed by atoms with E-state index in [-0.39, 0.29) is 6.04 Å². The van der Waals surface area contributed by atoms with Crippen LogP contribution in [0.25, 0.3) is 6.08 Å². The molecular formula is C18H23N3O2. The molecule has 2 aromatic rings. The molecule has 3 rings (SSSR count). The van der Waals surface area contributed by atoms with Crippen LogP contribution in [0.3, 0.4) is 0 Å². The van der Waals surface area contributed by atoms with Gasteiger partial charge in [0.15, 0.2) is 5.82 Å². The van der Waals surface area contributed by atoms with Crippen LogP contribution in [0.15, 0.2) is 40.9 Å². The van der Waals surface area contributed by atoms with Gasteiger partial charge < -0.3 is 14.6 Å². The summed E-state index contributed by atoms with van der Waals surface area (Å²) in [6, 6.07) is 10.4. The number of ether oxygens (including phenoxy) is 1. The summed E-state index contributed by atoms with van der Waals surface area (Å²) in [6.45, 7) is 4.22. The Balaban J connectivity index is 1.62. The van der Waals surface area contributed by atoms with Crippen molar-refractivity contribution in [3.8, 4) is 0 Å². The monoisotopic (exact) mass is 313 g/mol. The minimum Gasteiger partial charge on any atom is -0.381 e. The number of hydrogen-bond acceptors (Lipinski definition) is 5. The molecule has 0 saturated carbocycles. The first-order valence-electron chi connectivity index (χ1n) is 8.16. The molecule has 1 atom stereocenters. The topological polar surface area (TPSA) is 60.2 Å². The van der Waals surface area contributed by atoms with Gasteiger partial charge in [-0.3, -0.25) is 0 Å². The first-order valence-corrected chi connectivity index (χ1v) is 8.16. The zero-order chi connectivity index (χ0) is 15.9. The third-order valence-corrected chi connectivity index (χ3v) is 4.11. The van der Waals surface area contributed by atoms with E-state index in [1.807, 2.05) is 25.1 Å². The normalized spacial score (nSPS) is 17.6. The summed E-state index contributed by atoms with van der Waals surface area (Å²) in [7, 11) is 0. The lowest BCUT2D eigenvalue weighted by Gasteiger charge is -2.28. The molecule has 1 saturated heterocycles. The van der Waals surface area contributed by atoms with Crippen LogP contribution in [0.5, 0.6) is 0 Å². The molecular weight excluding hydrogens is 290 g/mol. The van der Waals surface area contributed by atoms with Gasteiger partial charge in [-0.1, -0.05) is 47.6 Å². The lowest BCUT2D eigenvalue weighted by atomic mass is 9.91. The van der Waals surface area contributed by atoms with E-state index in [0.717, 1.165) is 32.6 Å². The predicted octanol–water partition coefficient (Wildman–Crippen LogP) is 3.15. The summed E-state index contributed by atoms with van der Waals surface area (Å²) in [5, 5.41) is 7.48. The van der Waals surface area contributed by atoms with Crippen LogP contribution in [0.1, 0.15) is 36.2 Å². The number of nitrogens with one attached hydrogen (secondary N) is 1. The molecule has 2 heterocycles. The van der Waals surface area contributed by atoms with Gasteiger partial charge in [0.2, 0.25) is 5.89 Å². The molecule has 23 heavy (non-hydrogen) atoms. The fourth-order valence-corrected chi connectivity index (χ4v) is 2.90. The van der Waals surface area contributed by atoms with Crippen molar-refractivity contribution in [1.82, 2.24) is 15.5 Å². The Morgan fingerprint density at radius 2 is 2.04 bits per heavy atom. The van der Waals surface area contributed by atoms with Crippen LogP contribution in [0.2, 0.25) is 0 Å². The van der Waals surface area contributed by atoms with Crippen molar-refractivity contribution < 1.29 is 9.26 Å². The van der Waals surface area contributed by atoms with E-state index < -0.39 is 0 Å². The van der Waals surface area contributed by atoms with Gasteiger partial charge in [0.05, 0.1) is 6.04 Å². The largest absolute Gasteiger partial charge is 0.381 e. The number of aryl methyl sites for hydroxylation is 1. The van der Waals surface area contributed by atoms with Crippen LogP contribution in [-0.2, 0) is 4.74 Å². The van der Waals surface area contributed by atoms with Gasteiger partial charge in [-0.15, -0.1) is 0 Å². The van der Waals surface area contributed by atoms with Crippen molar-refractivity contribution in [2.75, 3.05) is 19.8 Å². The van der Waals surface area contributed by atoms with Crippen molar-refractivity contribution in [2.24, 2.45) is 5.92 Å². The third kappa shape index (κ3) is 4.50. The zero-order valence-corrected chi connectivity index (χ0v) is 13.4. The van der Waals surface area contributed by atoms with Crippen LogP contribution < -0.4 is 5.32 Å². The van der Waals surface area contributed by atoms with Crippen molar-refractivity contribution in [1.29, 1.82) is 0 Å². The average molecular weight is 313 g/mol. The highest BCUT2D eigenvalue weighted by Crippen LogP contribution is 2.29. The van der Waals surface area contributed by atoms with Gasteiger partial charge in [-0.2, -0.15) is 4.98 Å². The maximum absolute atomic E-state index is 5.47. The minimum absolute atomic E-state index is 0.0838. The summed E-state index contributed by atoms with van der Waals surface area (Å²) in [5.74, 6) is 1.83. The Morgan fingerprint density at radius 3 is 2.74 bits per heavy atom. The number of rotatable bonds is 6. The van der Waals surface area contributed by atoms with Crippen molar-refractivity contribution in [2.45, 2.75) is 25.8 Å². The van der Waals surface area contributed by atoms with Crippen LogP contribution in [0.4, 0.5) is 0 Å². The molecule has 1 fully saturated rings. The highest BCUT2D eigenvalue weighted by atomic mass is 16.5. The summed E-state index contributed by atoms with van der Waals surface area (Å²) >= 11 is 0. The maximum atomic E-state index is 5.47. The molecule has 1 aliphatic heterocycles. The molecule has 5 nitrogen and oxygen atoms in total. The quantitative estimate of drug-likeness (QED) is 0.887. The van der Waals surface area contributed by atoms with E-state index in [1.165, 1.54) is 5.56 Å². The summed E-state index contributed by atoms with van der Waals surface area (Å²) < 4.78 is 10.9. The van der Waals surface area contributed by atoms with E-state index >= 15 is 0 Å². The molecule has 1 unspecified atom stereocenters. The molecule has 1 aromatic heterocycles. The van der Waals surface area contributed by atoms with Gasteiger partial charge in [0, 0.05) is 19.8 Å². The lowest BCUT2D eigenvalue weighted by molar-refractivity contribution is 0.0494. The van der Waals surface area contributed by atoms with E-state index in [0.29, 0.717) is 17.6 Å². The second kappa shape index (κ2) is 8.04. The highest BCUT2D eigenvalue weighted by molar-refractivity contribution is 5.48. The molecule has 0 spiro atoms.